The van der Waals surface area contributed by atoms with Gasteiger partial charge in [-0.2, -0.15) is 4.57 Å². The van der Waals surface area contributed by atoms with E-state index in [0.717, 1.165) is 16.3 Å². The number of aryl methyl sites for hydroxylation is 3. The Balaban J connectivity index is 0.00000121. The van der Waals surface area contributed by atoms with Crippen LogP contribution in [0, 0.1) is 13.8 Å². The largest absolute Gasteiger partial charge is 1.00 e. The first-order chi connectivity index (χ1) is 11.5. The second-order valence-electron chi connectivity index (χ2n) is 6.47. The summed E-state index contributed by atoms with van der Waals surface area (Å²) in [5.74, 6) is 0.662. The lowest BCUT2D eigenvalue weighted by Gasteiger charge is -2.10. The van der Waals surface area contributed by atoms with Crippen molar-refractivity contribution in [3.8, 4) is 11.5 Å². The van der Waals surface area contributed by atoms with Crippen LogP contribution in [0.1, 0.15) is 18.6 Å². The van der Waals surface area contributed by atoms with Crippen LogP contribution in [0.25, 0.3) is 32.4 Å². The van der Waals surface area contributed by atoms with Gasteiger partial charge in [0.25, 0.3) is 0 Å². The van der Waals surface area contributed by atoms with Crippen molar-refractivity contribution in [2.75, 3.05) is 7.11 Å². The minimum atomic E-state index is 0. The van der Waals surface area contributed by atoms with Crippen LogP contribution in [0.3, 0.4) is 0 Å². The smallest absolute Gasteiger partial charge is 0.220 e. The first kappa shape index (κ1) is 19.8. The second kappa shape index (κ2) is 7.00. The molecule has 0 atom stereocenters. The molecule has 0 saturated heterocycles. The van der Waals surface area contributed by atoms with Crippen molar-refractivity contribution in [3.63, 3.8) is 0 Å². The fourth-order valence-corrected chi connectivity index (χ4v) is 3.54. The van der Waals surface area contributed by atoms with Crippen molar-refractivity contribution in [2.24, 2.45) is 7.05 Å². The van der Waals surface area contributed by atoms with Crippen LogP contribution in [-0.2, 0) is 7.05 Å². The Morgan fingerprint density at radius 1 is 0.885 bits per heavy atom. The summed E-state index contributed by atoms with van der Waals surface area (Å²) in [6.45, 7) is 4.29. The third-order valence-electron chi connectivity index (χ3n) is 4.93. The van der Waals surface area contributed by atoms with Crippen LogP contribution in [0.2, 0.25) is 0 Å². The summed E-state index contributed by atoms with van der Waals surface area (Å²) in [7, 11) is 3.64. The molecule has 1 heterocycles. The predicted molar refractivity (Wildman–Crippen MR) is 105 cm³/mol. The average molecular weight is 370 g/mol. The number of fused-ring (bicyclic) bond motifs is 5. The van der Waals surface area contributed by atoms with E-state index >= 15 is 0 Å². The molecule has 0 unspecified atom stereocenters. The van der Waals surface area contributed by atoms with Gasteiger partial charge in [0, 0.05) is 10.8 Å². The molecule has 4 aromatic rings. The predicted octanol–water partition coefficient (Wildman–Crippen LogP) is 1.94. The zero-order chi connectivity index (χ0) is 17.0. The number of methoxy groups -OCH3 is 1. The lowest BCUT2D eigenvalue weighted by Crippen LogP contribution is -3.00. The zero-order valence-corrected chi connectivity index (χ0v) is 15.5. The van der Waals surface area contributed by atoms with E-state index in [2.05, 4.69) is 55.9 Å². The van der Waals surface area contributed by atoms with Gasteiger partial charge in [-0.3, -0.25) is 0 Å². The van der Waals surface area contributed by atoms with Crippen LogP contribution < -0.4 is 21.7 Å². The molecule has 0 fully saturated rings. The van der Waals surface area contributed by atoms with E-state index < -0.39 is 0 Å². The SMILES string of the molecule is C.COc1cc2c(ccc3c4cc(C)c(C)cc4c[n+](C)c23)cc1O.[Cl-]. The minimum Gasteiger partial charge on any atom is -1.00 e. The van der Waals surface area contributed by atoms with Crippen LogP contribution in [-0.4, -0.2) is 12.2 Å². The van der Waals surface area contributed by atoms with Gasteiger partial charge in [0.05, 0.1) is 17.9 Å². The molecule has 0 aliphatic carbocycles. The molecule has 1 N–H and O–H groups in total. The van der Waals surface area contributed by atoms with Crippen molar-refractivity contribution in [1.82, 2.24) is 0 Å². The van der Waals surface area contributed by atoms with Gasteiger partial charge >= 0.3 is 0 Å². The van der Waals surface area contributed by atoms with E-state index in [9.17, 15) is 5.11 Å². The fourth-order valence-electron chi connectivity index (χ4n) is 3.54. The molecule has 0 aliphatic rings. The van der Waals surface area contributed by atoms with E-state index in [4.69, 9.17) is 4.74 Å². The first-order valence-corrected chi connectivity index (χ1v) is 8.02. The number of aromatic nitrogens is 1. The van der Waals surface area contributed by atoms with Gasteiger partial charge < -0.3 is 22.3 Å². The Labute approximate surface area is 160 Å². The molecule has 0 saturated carbocycles. The Morgan fingerprint density at radius 3 is 2.27 bits per heavy atom. The Morgan fingerprint density at radius 2 is 1.58 bits per heavy atom. The average Bonchev–Trinajstić information content (AvgIpc) is 2.55. The van der Waals surface area contributed by atoms with Crippen molar-refractivity contribution in [2.45, 2.75) is 21.3 Å². The number of ether oxygens (including phenoxy) is 1. The number of pyridine rings is 1. The minimum absolute atomic E-state index is 0. The summed E-state index contributed by atoms with van der Waals surface area (Å²) in [5, 5.41) is 15.8. The highest BCUT2D eigenvalue weighted by molar-refractivity contribution is 6.14. The lowest BCUT2D eigenvalue weighted by atomic mass is 9.97. The van der Waals surface area contributed by atoms with Crippen LogP contribution in [0.15, 0.2) is 42.6 Å². The summed E-state index contributed by atoms with van der Waals surface area (Å²) in [4.78, 5) is 0. The fraction of sp³-hybridized carbons (Fsp3) is 0.227. The van der Waals surface area contributed by atoms with Crippen LogP contribution in [0.5, 0.6) is 11.5 Å². The molecule has 0 bridgehead atoms. The number of hydrogen-bond acceptors (Lipinski definition) is 2. The third kappa shape index (κ3) is 2.82. The van der Waals surface area contributed by atoms with E-state index in [-0.39, 0.29) is 25.6 Å². The molecule has 4 heteroatoms. The molecule has 0 radical (unpaired) electrons. The maximum atomic E-state index is 10.1. The van der Waals surface area contributed by atoms with Gasteiger partial charge in [-0.05, 0) is 54.6 Å². The highest BCUT2D eigenvalue weighted by Gasteiger charge is 2.17. The highest BCUT2D eigenvalue weighted by atomic mass is 35.5. The molecule has 1 aromatic heterocycles. The summed E-state index contributed by atoms with van der Waals surface area (Å²) >= 11 is 0. The summed E-state index contributed by atoms with van der Waals surface area (Å²) < 4.78 is 7.46. The monoisotopic (exact) mass is 369 g/mol. The van der Waals surface area contributed by atoms with Crippen LogP contribution in [0.4, 0.5) is 0 Å². The van der Waals surface area contributed by atoms with Gasteiger partial charge in [-0.1, -0.05) is 19.6 Å². The van der Waals surface area contributed by atoms with Crippen molar-refractivity contribution >= 4 is 32.4 Å². The number of halogens is 1. The molecule has 136 valence electrons. The summed E-state index contributed by atoms with van der Waals surface area (Å²) in [6.07, 6.45) is 2.17. The molecule has 0 amide bonds. The Kier molecular flexibility index (Phi) is 5.33. The van der Waals surface area contributed by atoms with Crippen LogP contribution >= 0.6 is 0 Å². The van der Waals surface area contributed by atoms with Gasteiger partial charge in [0.2, 0.25) is 5.52 Å². The first-order valence-electron chi connectivity index (χ1n) is 8.02. The summed E-state index contributed by atoms with van der Waals surface area (Å²) in [6, 6.07) is 12.4. The normalized spacial score (nSPS) is 10.6. The summed E-state index contributed by atoms with van der Waals surface area (Å²) in [5.41, 5.74) is 3.73. The number of phenolic OH excluding ortho intramolecular Hbond substituents is 1. The lowest BCUT2D eigenvalue weighted by molar-refractivity contribution is -0.642. The van der Waals surface area contributed by atoms with Gasteiger partial charge in [-0.25, -0.2) is 0 Å². The zero-order valence-electron chi connectivity index (χ0n) is 14.7. The molecule has 3 nitrogen and oxygen atoms in total. The number of aromatic hydroxyl groups is 1. The highest BCUT2D eigenvalue weighted by Crippen LogP contribution is 2.36. The van der Waals surface area contributed by atoms with Gasteiger partial charge in [0.15, 0.2) is 17.7 Å². The Bertz CT molecular complexity index is 1140. The van der Waals surface area contributed by atoms with E-state index in [1.54, 1.807) is 13.2 Å². The molecular weight excluding hydrogens is 346 g/mol. The van der Waals surface area contributed by atoms with Gasteiger partial charge in [-0.15, -0.1) is 0 Å². The molecule has 3 aromatic carbocycles. The molecular formula is C22H24ClNO2. The van der Waals surface area contributed by atoms with E-state index in [1.807, 2.05) is 6.07 Å². The number of hydrogen-bond donors (Lipinski definition) is 1. The maximum Gasteiger partial charge on any atom is 0.220 e. The topological polar surface area (TPSA) is 33.3 Å². The number of rotatable bonds is 1. The number of nitrogens with zero attached hydrogens (tertiary/aromatic N) is 1. The van der Waals surface area contributed by atoms with Crippen molar-refractivity contribution in [1.29, 1.82) is 0 Å². The molecule has 0 aliphatic heterocycles. The Hall–Kier alpha value is -2.52. The number of phenols is 1. The van der Waals surface area contributed by atoms with Crippen molar-refractivity contribution in [3.05, 3.63) is 53.7 Å². The standard InChI is InChI=1S/C21H19NO2.CH4.ClH/c1-12-7-15-11-22(3)21-16(17(15)8-13(12)2)6-5-14-9-19(23)20(24-4)10-18(14)21;;/h5-11H,1-4H3;1H4;1H. The number of benzene rings is 3. The quantitative estimate of drug-likeness (QED) is 0.411. The molecule has 26 heavy (non-hydrogen) atoms. The van der Waals surface area contributed by atoms with Crippen molar-refractivity contribution < 1.29 is 26.8 Å². The molecule has 4 rings (SSSR count). The van der Waals surface area contributed by atoms with Gasteiger partial charge in [0.1, 0.15) is 7.05 Å². The van der Waals surface area contributed by atoms with E-state index in [1.165, 1.54) is 27.3 Å². The maximum absolute atomic E-state index is 10.1. The van der Waals surface area contributed by atoms with E-state index in [0.29, 0.717) is 5.75 Å². The third-order valence-corrected chi connectivity index (χ3v) is 4.93. The molecule has 0 spiro atoms. The second-order valence-corrected chi connectivity index (χ2v) is 6.47.